The number of benzene rings is 1. The highest BCUT2D eigenvalue weighted by molar-refractivity contribution is 5.74. The molecular formula is C13H17NO3. The Hall–Kier alpha value is -1.39. The number of nitrogens with zero attached hydrogens (tertiary/aromatic N) is 1. The normalized spacial score (nSPS) is 18.2. The Kier molecular flexibility index (Phi) is 3.76. The van der Waals surface area contributed by atoms with Gasteiger partial charge in [-0.1, -0.05) is 24.3 Å². The van der Waals surface area contributed by atoms with Crippen molar-refractivity contribution in [1.29, 1.82) is 0 Å². The molecule has 2 N–H and O–H groups in total. The smallest absolute Gasteiger partial charge is 0.337 e. The van der Waals surface area contributed by atoms with Crippen molar-refractivity contribution in [1.82, 2.24) is 4.90 Å². The van der Waals surface area contributed by atoms with Crippen LogP contribution in [0.15, 0.2) is 24.3 Å². The molecule has 2 rings (SSSR count). The molecule has 1 aliphatic rings. The highest BCUT2D eigenvalue weighted by Gasteiger charge is 2.17. The van der Waals surface area contributed by atoms with Crippen LogP contribution in [-0.2, 0) is 11.3 Å². The van der Waals surface area contributed by atoms with Gasteiger partial charge in [-0.25, -0.2) is 4.79 Å². The SMILES string of the molecule is O=C(O)C(O)c1cccc(CN2CCCC2)c1. The Morgan fingerprint density at radius 3 is 2.71 bits per heavy atom. The largest absolute Gasteiger partial charge is 0.479 e. The maximum absolute atomic E-state index is 10.7. The molecule has 4 heteroatoms. The van der Waals surface area contributed by atoms with E-state index in [4.69, 9.17) is 5.11 Å². The van der Waals surface area contributed by atoms with Gasteiger partial charge in [0.15, 0.2) is 6.10 Å². The van der Waals surface area contributed by atoms with Crippen molar-refractivity contribution in [3.8, 4) is 0 Å². The van der Waals surface area contributed by atoms with Crippen LogP contribution in [0.2, 0.25) is 0 Å². The Morgan fingerprint density at radius 2 is 2.06 bits per heavy atom. The van der Waals surface area contributed by atoms with Crippen LogP contribution in [0.5, 0.6) is 0 Å². The van der Waals surface area contributed by atoms with Crippen LogP contribution in [0.1, 0.15) is 30.1 Å². The predicted octanol–water partition coefficient (Wildman–Crippen LogP) is 1.40. The lowest BCUT2D eigenvalue weighted by Crippen LogP contribution is -2.18. The molecule has 0 saturated carbocycles. The maximum Gasteiger partial charge on any atom is 0.337 e. The maximum atomic E-state index is 10.7. The van der Waals surface area contributed by atoms with Gasteiger partial charge >= 0.3 is 5.97 Å². The van der Waals surface area contributed by atoms with Crippen molar-refractivity contribution in [2.75, 3.05) is 13.1 Å². The van der Waals surface area contributed by atoms with Gasteiger partial charge in [-0.3, -0.25) is 4.90 Å². The first-order valence-electron chi connectivity index (χ1n) is 5.89. The Labute approximate surface area is 100 Å². The number of aliphatic hydroxyl groups excluding tert-OH is 1. The number of carboxylic acids is 1. The number of likely N-dealkylation sites (tertiary alicyclic amines) is 1. The Bertz CT molecular complexity index is 399. The standard InChI is InChI=1S/C13H17NO3/c15-12(13(16)17)11-5-3-4-10(8-11)9-14-6-1-2-7-14/h3-5,8,12,15H,1-2,6-7,9H2,(H,16,17). The van der Waals surface area contributed by atoms with Crippen molar-refractivity contribution in [3.05, 3.63) is 35.4 Å². The van der Waals surface area contributed by atoms with Crippen LogP contribution in [0.25, 0.3) is 0 Å². The molecule has 1 heterocycles. The van der Waals surface area contributed by atoms with E-state index in [-0.39, 0.29) is 0 Å². The van der Waals surface area contributed by atoms with Gasteiger partial charge in [0.25, 0.3) is 0 Å². The second-order valence-corrected chi connectivity index (χ2v) is 4.47. The van der Waals surface area contributed by atoms with E-state index in [9.17, 15) is 9.90 Å². The Morgan fingerprint density at radius 1 is 1.35 bits per heavy atom. The van der Waals surface area contributed by atoms with E-state index >= 15 is 0 Å². The number of hydrogen-bond donors (Lipinski definition) is 2. The summed E-state index contributed by atoms with van der Waals surface area (Å²) in [6, 6.07) is 7.19. The van der Waals surface area contributed by atoms with Crippen LogP contribution >= 0.6 is 0 Å². The van der Waals surface area contributed by atoms with Gasteiger partial charge in [-0.05, 0) is 37.1 Å². The minimum absolute atomic E-state index is 0.453. The first-order chi connectivity index (χ1) is 8.16. The topological polar surface area (TPSA) is 60.8 Å². The van der Waals surface area contributed by atoms with Gasteiger partial charge in [-0.2, -0.15) is 0 Å². The van der Waals surface area contributed by atoms with E-state index < -0.39 is 12.1 Å². The molecule has 0 radical (unpaired) electrons. The summed E-state index contributed by atoms with van der Waals surface area (Å²) in [6.07, 6.45) is 1.04. The summed E-state index contributed by atoms with van der Waals surface area (Å²) >= 11 is 0. The third-order valence-corrected chi connectivity index (χ3v) is 3.11. The van der Waals surface area contributed by atoms with Crippen molar-refractivity contribution in [2.24, 2.45) is 0 Å². The number of hydrogen-bond acceptors (Lipinski definition) is 3. The zero-order valence-electron chi connectivity index (χ0n) is 9.67. The summed E-state index contributed by atoms with van der Waals surface area (Å²) in [5, 5.41) is 18.2. The molecule has 0 aliphatic carbocycles. The predicted molar refractivity (Wildman–Crippen MR) is 63.5 cm³/mol. The summed E-state index contributed by atoms with van der Waals surface area (Å²) in [6.45, 7) is 3.04. The fraction of sp³-hybridized carbons (Fsp3) is 0.462. The van der Waals surface area contributed by atoms with E-state index in [1.807, 2.05) is 6.07 Å². The van der Waals surface area contributed by atoms with E-state index in [0.717, 1.165) is 25.2 Å². The highest BCUT2D eigenvalue weighted by atomic mass is 16.4. The molecule has 1 saturated heterocycles. The minimum Gasteiger partial charge on any atom is -0.479 e. The number of aliphatic carboxylic acids is 1. The van der Waals surface area contributed by atoms with Gasteiger partial charge in [-0.15, -0.1) is 0 Å². The third kappa shape index (κ3) is 3.05. The van der Waals surface area contributed by atoms with Gasteiger partial charge in [0.1, 0.15) is 0 Å². The zero-order valence-corrected chi connectivity index (χ0v) is 9.67. The lowest BCUT2D eigenvalue weighted by Gasteiger charge is -2.15. The van der Waals surface area contributed by atoms with E-state index in [0.29, 0.717) is 5.56 Å². The fourth-order valence-corrected chi connectivity index (χ4v) is 2.20. The van der Waals surface area contributed by atoms with Crippen LogP contribution < -0.4 is 0 Å². The minimum atomic E-state index is -1.42. The quantitative estimate of drug-likeness (QED) is 0.828. The average molecular weight is 235 g/mol. The zero-order chi connectivity index (χ0) is 12.3. The number of rotatable bonds is 4. The average Bonchev–Trinajstić information content (AvgIpc) is 2.81. The van der Waals surface area contributed by atoms with Crippen molar-refractivity contribution >= 4 is 5.97 Å². The van der Waals surface area contributed by atoms with Gasteiger partial charge in [0, 0.05) is 6.54 Å². The molecule has 17 heavy (non-hydrogen) atoms. The van der Waals surface area contributed by atoms with Gasteiger partial charge in [0.2, 0.25) is 0 Å². The summed E-state index contributed by atoms with van der Waals surface area (Å²) in [4.78, 5) is 13.0. The molecule has 0 bridgehead atoms. The molecule has 92 valence electrons. The summed E-state index contributed by atoms with van der Waals surface area (Å²) in [7, 11) is 0. The van der Waals surface area contributed by atoms with Gasteiger partial charge < -0.3 is 10.2 Å². The summed E-state index contributed by atoms with van der Waals surface area (Å²) in [5.74, 6) is -1.21. The van der Waals surface area contributed by atoms with Crippen molar-refractivity contribution in [2.45, 2.75) is 25.5 Å². The second kappa shape index (κ2) is 5.29. The molecule has 0 aromatic heterocycles. The first kappa shape index (κ1) is 12.1. The molecule has 0 spiro atoms. The lowest BCUT2D eigenvalue weighted by atomic mass is 10.1. The molecule has 4 nitrogen and oxygen atoms in total. The Balaban J connectivity index is 2.07. The fourth-order valence-electron chi connectivity index (χ4n) is 2.20. The molecule has 1 aromatic carbocycles. The second-order valence-electron chi connectivity index (χ2n) is 4.47. The molecule has 1 fully saturated rings. The van der Waals surface area contributed by atoms with Crippen LogP contribution in [0.3, 0.4) is 0 Å². The van der Waals surface area contributed by atoms with Crippen LogP contribution in [-0.4, -0.2) is 34.2 Å². The van der Waals surface area contributed by atoms with Crippen molar-refractivity contribution in [3.63, 3.8) is 0 Å². The molecular weight excluding hydrogens is 218 g/mol. The number of carboxylic acid groups (broad SMARTS) is 1. The molecule has 0 amide bonds. The molecule has 1 atom stereocenters. The van der Waals surface area contributed by atoms with Crippen LogP contribution in [0.4, 0.5) is 0 Å². The van der Waals surface area contributed by atoms with E-state index in [1.165, 1.54) is 12.8 Å². The third-order valence-electron chi connectivity index (χ3n) is 3.11. The van der Waals surface area contributed by atoms with Gasteiger partial charge in [0.05, 0.1) is 0 Å². The van der Waals surface area contributed by atoms with E-state index in [1.54, 1.807) is 18.2 Å². The van der Waals surface area contributed by atoms with Crippen LogP contribution in [0, 0.1) is 0 Å². The number of carbonyl (C=O) groups is 1. The van der Waals surface area contributed by atoms with E-state index in [2.05, 4.69) is 4.90 Å². The van der Waals surface area contributed by atoms with Crippen molar-refractivity contribution < 1.29 is 15.0 Å². The highest BCUT2D eigenvalue weighted by Crippen LogP contribution is 2.17. The summed E-state index contributed by atoms with van der Waals surface area (Å²) in [5.41, 5.74) is 1.51. The molecule has 1 aromatic rings. The first-order valence-corrected chi connectivity index (χ1v) is 5.89. The number of aliphatic hydroxyl groups is 1. The summed E-state index contributed by atoms with van der Waals surface area (Å²) < 4.78 is 0. The molecule has 1 unspecified atom stereocenters. The molecule has 1 aliphatic heterocycles. The lowest BCUT2D eigenvalue weighted by molar-refractivity contribution is -0.146. The monoisotopic (exact) mass is 235 g/mol.